The third-order valence-electron chi connectivity index (χ3n) is 5.82. The van der Waals surface area contributed by atoms with Crippen LogP contribution in [0.5, 0.6) is 34.5 Å². The van der Waals surface area contributed by atoms with E-state index < -0.39 is 0 Å². The first-order valence-electron chi connectivity index (χ1n) is 12.3. The average Bonchev–Trinajstić information content (AvgIpc) is 2.89. The molecule has 0 atom stereocenters. The molecule has 0 spiro atoms. The lowest BCUT2D eigenvalue weighted by Gasteiger charge is -2.11. The lowest BCUT2D eigenvalue weighted by Crippen LogP contribution is -1.98. The molecule has 0 amide bonds. The van der Waals surface area contributed by atoms with Crippen LogP contribution in [0.1, 0.15) is 45.7 Å². The van der Waals surface area contributed by atoms with E-state index in [0.717, 1.165) is 22.6 Å². The van der Waals surface area contributed by atoms with Crippen LogP contribution < -0.4 is 18.9 Å². The molecule has 0 fully saturated rings. The van der Waals surface area contributed by atoms with Crippen molar-refractivity contribution in [3.05, 3.63) is 105 Å². The van der Waals surface area contributed by atoms with Crippen molar-refractivity contribution in [3.63, 3.8) is 0 Å². The monoisotopic (exact) mass is 580 g/mol. The van der Waals surface area contributed by atoms with Crippen molar-refractivity contribution in [2.75, 3.05) is 14.2 Å². The maximum Gasteiger partial charge on any atom is 0.161 e. The first-order chi connectivity index (χ1) is 19.0. The molecule has 0 aromatic heterocycles. The van der Waals surface area contributed by atoms with Gasteiger partial charge in [-0.1, -0.05) is 23.2 Å². The van der Waals surface area contributed by atoms with E-state index in [1.807, 2.05) is 38.1 Å². The van der Waals surface area contributed by atoms with Crippen LogP contribution in [0, 0.1) is 13.8 Å². The summed E-state index contributed by atoms with van der Waals surface area (Å²) in [5, 5.41) is 0.807. The normalized spacial score (nSPS) is 10.2. The van der Waals surface area contributed by atoms with Crippen LogP contribution in [0.2, 0.25) is 10.0 Å². The number of halogens is 2. The lowest BCUT2D eigenvalue weighted by molar-refractivity contribution is 0.100. The molecular weight excluding hydrogens is 551 g/mol. The topological polar surface area (TPSA) is 71.1 Å². The highest BCUT2D eigenvalue weighted by Gasteiger charge is 2.13. The molecule has 6 nitrogen and oxygen atoms in total. The summed E-state index contributed by atoms with van der Waals surface area (Å²) in [4.78, 5) is 23.0. The van der Waals surface area contributed by atoms with Gasteiger partial charge in [-0.25, -0.2) is 0 Å². The first kappa shape index (κ1) is 30.5. The number of aryl methyl sites for hydroxylation is 2. The van der Waals surface area contributed by atoms with Gasteiger partial charge in [0.15, 0.2) is 11.6 Å². The van der Waals surface area contributed by atoms with Crippen LogP contribution in [0.3, 0.4) is 0 Å². The van der Waals surface area contributed by atoms with E-state index >= 15 is 0 Å². The Bertz CT molecular complexity index is 1330. The highest BCUT2D eigenvalue weighted by molar-refractivity contribution is 6.34. The quantitative estimate of drug-likeness (QED) is 0.193. The van der Waals surface area contributed by atoms with Crippen molar-refractivity contribution >= 4 is 34.8 Å². The minimum Gasteiger partial charge on any atom is -0.497 e. The van der Waals surface area contributed by atoms with Gasteiger partial charge in [-0.3, -0.25) is 9.59 Å². The molecule has 0 saturated heterocycles. The molecule has 8 heteroatoms. The highest BCUT2D eigenvalue weighted by Crippen LogP contribution is 2.32. The fourth-order valence-corrected chi connectivity index (χ4v) is 4.77. The van der Waals surface area contributed by atoms with Crippen molar-refractivity contribution in [1.82, 2.24) is 0 Å². The maximum atomic E-state index is 11.5. The Morgan fingerprint density at radius 1 is 0.525 bits per heavy atom. The molecular formula is C32H30Cl2O6. The van der Waals surface area contributed by atoms with Gasteiger partial charge in [-0.15, -0.1) is 0 Å². The average molecular weight is 581 g/mol. The second-order valence-electron chi connectivity index (χ2n) is 8.86. The Morgan fingerprint density at radius 2 is 0.825 bits per heavy atom. The summed E-state index contributed by atoms with van der Waals surface area (Å²) in [5.41, 5.74) is 2.67. The van der Waals surface area contributed by atoms with Crippen LogP contribution in [0.4, 0.5) is 0 Å². The predicted molar refractivity (Wildman–Crippen MR) is 159 cm³/mol. The molecule has 4 aromatic rings. The Balaban J connectivity index is 0.000000220. The van der Waals surface area contributed by atoms with Crippen molar-refractivity contribution in [2.24, 2.45) is 0 Å². The van der Waals surface area contributed by atoms with Gasteiger partial charge >= 0.3 is 0 Å². The summed E-state index contributed by atoms with van der Waals surface area (Å²) in [6.07, 6.45) is 0. The molecule has 0 aliphatic carbocycles. The molecule has 0 unspecified atom stereocenters. The van der Waals surface area contributed by atoms with Gasteiger partial charge in [-0.05, 0) is 99.5 Å². The van der Waals surface area contributed by atoms with Gasteiger partial charge in [0.1, 0.15) is 34.5 Å². The molecule has 208 valence electrons. The molecule has 4 rings (SSSR count). The number of methoxy groups -OCH3 is 2. The van der Waals surface area contributed by atoms with Crippen molar-refractivity contribution in [1.29, 1.82) is 0 Å². The van der Waals surface area contributed by atoms with Gasteiger partial charge < -0.3 is 18.9 Å². The zero-order valence-electron chi connectivity index (χ0n) is 23.1. The molecule has 0 aliphatic rings. The largest absolute Gasteiger partial charge is 0.497 e. The highest BCUT2D eigenvalue weighted by atomic mass is 35.5. The van der Waals surface area contributed by atoms with E-state index in [9.17, 15) is 9.59 Å². The molecule has 0 N–H and O–H groups in total. The molecule has 40 heavy (non-hydrogen) atoms. The minimum absolute atomic E-state index is 0.0523. The summed E-state index contributed by atoms with van der Waals surface area (Å²) in [6.45, 7) is 6.67. The number of rotatable bonds is 8. The van der Waals surface area contributed by atoms with Gasteiger partial charge in [0, 0.05) is 23.3 Å². The Kier molecular flexibility index (Phi) is 10.6. The van der Waals surface area contributed by atoms with Crippen LogP contribution >= 0.6 is 23.2 Å². The Morgan fingerprint density at radius 3 is 1.07 bits per heavy atom. The SMILES string of the molecule is COc1ccc(Oc2cc(C)c(C(C)=O)c(Cl)c2)cc1.COc1ccc(Oc2cc(C)c(C(C)=O)c(Cl)c2)cc1. The van der Waals surface area contributed by atoms with Gasteiger partial charge in [-0.2, -0.15) is 0 Å². The third-order valence-corrected chi connectivity index (χ3v) is 6.41. The first-order valence-corrected chi connectivity index (χ1v) is 13.0. The van der Waals surface area contributed by atoms with Crippen molar-refractivity contribution < 1.29 is 28.5 Å². The van der Waals surface area contributed by atoms with Crippen LogP contribution in [-0.4, -0.2) is 25.8 Å². The van der Waals surface area contributed by atoms with E-state index in [1.165, 1.54) is 13.8 Å². The second-order valence-corrected chi connectivity index (χ2v) is 9.68. The number of carbonyl (C=O) groups is 2. The number of carbonyl (C=O) groups excluding carboxylic acids is 2. The zero-order chi connectivity index (χ0) is 29.4. The summed E-state index contributed by atoms with van der Waals surface area (Å²) in [5.74, 6) is 3.97. The maximum absolute atomic E-state index is 11.5. The minimum atomic E-state index is -0.0523. The van der Waals surface area contributed by atoms with E-state index in [2.05, 4.69) is 0 Å². The number of ether oxygens (including phenoxy) is 4. The fourth-order valence-electron chi connectivity index (χ4n) is 3.99. The summed E-state index contributed by atoms with van der Waals surface area (Å²) in [7, 11) is 3.22. The third kappa shape index (κ3) is 8.01. The molecule has 0 radical (unpaired) electrons. The molecule has 4 aromatic carbocycles. The van der Waals surface area contributed by atoms with E-state index in [0.29, 0.717) is 44.2 Å². The van der Waals surface area contributed by atoms with E-state index in [-0.39, 0.29) is 11.6 Å². The standard InChI is InChI=1S/2C16H15ClO3/c2*1-10-8-14(9-15(17)16(10)11(2)18)20-13-6-4-12(19-3)5-7-13/h2*4-9H,1-3H3. The number of benzene rings is 4. The summed E-state index contributed by atoms with van der Waals surface area (Å²) >= 11 is 12.2. The fraction of sp³-hybridized carbons (Fsp3) is 0.188. The van der Waals surface area contributed by atoms with Gasteiger partial charge in [0.05, 0.1) is 24.3 Å². The van der Waals surface area contributed by atoms with Crippen LogP contribution in [-0.2, 0) is 0 Å². The summed E-state index contributed by atoms with van der Waals surface area (Å²) in [6, 6.07) is 21.4. The molecule has 0 aliphatic heterocycles. The number of hydrogen-bond donors (Lipinski definition) is 0. The lowest BCUT2D eigenvalue weighted by atomic mass is 10.1. The number of ketones is 2. The van der Waals surface area contributed by atoms with Crippen molar-refractivity contribution in [2.45, 2.75) is 27.7 Å². The van der Waals surface area contributed by atoms with Gasteiger partial charge in [0.2, 0.25) is 0 Å². The Labute approximate surface area is 244 Å². The Hall–Kier alpha value is -4.00. The van der Waals surface area contributed by atoms with E-state index in [1.54, 1.807) is 62.8 Å². The predicted octanol–water partition coefficient (Wildman–Crippen LogP) is 9.30. The molecule has 0 saturated carbocycles. The molecule has 0 bridgehead atoms. The van der Waals surface area contributed by atoms with Crippen LogP contribution in [0.15, 0.2) is 72.8 Å². The molecule has 0 heterocycles. The van der Waals surface area contributed by atoms with Gasteiger partial charge in [0.25, 0.3) is 0 Å². The van der Waals surface area contributed by atoms with Crippen molar-refractivity contribution in [3.8, 4) is 34.5 Å². The summed E-state index contributed by atoms with van der Waals surface area (Å²) < 4.78 is 21.6. The number of Topliss-reactive ketones (excluding diaryl/α,β-unsaturated/α-hetero) is 2. The second kappa shape index (κ2) is 13.9. The van der Waals surface area contributed by atoms with Crippen LogP contribution in [0.25, 0.3) is 0 Å². The zero-order valence-corrected chi connectivity index (χ0v) is 24.6. The smallest absolute Gasteiger partial charge is 0.161 e. The van der Waals surface area contributed by atoms with E-state index in [4.69, 9.17) is 42.1 Å². The number of hydrogen-bond acceptors (Lipinski definition) is 6.